The van der Waals surface area contributed by atoms with E-state index in [0.29, 0.717) is 25.3 Å². The lowest BCUT2D eigenvalue weighted by atomic mass is 9.86. The van der Waals surface area contributed by atoms with Gasteiger partial charge in [-0.2, -0.15) is 0 Å². The summed E-state index contributed by atoms with van der Waals surface area (Å²) < 4.78 is 5.25. The summed E-state index contributed by atoms with van der Waals surface area (Å²) in [6.45, 7) is 3.48. The van der Waals surface area contributed by atoms with Crippen molar-refractivity contribution in [1.29, 1.82) is 0 Å². The molecule has 1 aliphatic carbocycles. The minimum atomic E-state index is -0.270. The summed E-state index contributed by atoms with van der Waals surface area (Å²) in [6.07, 6.45) is 5.68. The first-order chi connectivity index (χ1) is 14.6. The average Bonchev–Trinajstić information content (AvgIpc) is 2.77. The monoisotopic (exact) mass is 427 g/mol. The number of amides is 2. The average molecular weight is 428 g/mol. The molecule has 2 amide bonds. The first kappa shape index (κ1) is 19.6. The number of piperazine rings is 1. The van der Waals surface area contributed by atoms with E-state index in [1.54, 1.807) is 4.90 Å². The molecule has 0 N–H and O–H groups in total. The third-order valence-electron chi connectivity index (χ3n) is 6.56. The number of hydrogen-bond donors (Lipinski definition) is 0. The van der Waals surface area contributed by atoms with Crippen molar-refractivity contribution < 1.29 is 14.3 Å². The lowest BCUT2D eigenvalue weighted by molar-refractivity contribution is -0.0448. The third kappa shape index (κ3) is 3.22. The van der Waals surface area contributed by atoms with Gasteiger partial charge < -0.3 is 14.5 Å². The first-order valence-electron chi connectivity index (χ1n) is 10.9. The molecule has 2 unspecified atom stereocenters. The van der Waals surface area contributed by atoms with E-state index < -0.39 is 0 Å². The molecule has 4 aliphatic rings. The number of carbonyl (C=O) groups excluding carboxylic acids is 2. The van der Waals surface area contributed by atoms with Crippen molar-refractivity contribution in [3.05, 3.63) is 40.0 Å². The van der Waals surface area contributed by atoms with E-state index in [-0.39, 0.29) is 24.1 Å². The highest BCUT2D eigenvalue weighted by Crippen LogP contribution is 2.36. The number of ether oxygens (including phenoxy) is 1. The molecule has 6 rings (SSSR count). The molecule has 2 aromatic rings. The van der Waals surface area contributed by atoms with Crippen molar-refractivity contribution in [1.82, 2.24) is 14.8 Å². The molecule has 4 heterocycles. The van der Waals surface area contributed by atoms with E-state index in [1.807, 2.05) is 30.0 Å². The van der Waals surface area contributed by atoms with Gasteiger partial charge in [-0.25, -0.2) is 4.79 Å². The Kier molecular flexibility index (Phi) is 5.05. The van der Waals surface area contributed by atoms with Gasteiger partial charge in [-0.15, -0.1) is 0 Å². The van der Waals surface area contributed by atoms with Crippen LogP contribution in [0.4, 0.5) is 4.79 Å². The van der Waals surface area contributed by atoms with Crippen LogP contribution in [0.25, 0.3) is 10.9 Å². The molecule has 6 nitrogen and oxygen atoms in total. The molecule has 3 fully saturated rings. The number of benzene rings is 1. The summed E-state index contributed by atoms with van der Waals surface area (Å²) in [5, 5.41) is 1.71. The molecule has 30 heavy (non-hydrogen) atoms. The largest absolute Gasteiger partial charge is 0.449 e. The molecular weight excluding hydrogens is 402 g/mol. The summed E-state index contributed by atoms with van der Waals surface area (Å²) in [4.78, 5) is 33.9. The summed E-state index contributed by atoms with van der Waals surface area (Å²) in [7, 11) is 0. The zero-order valence-electron chi connectivity index (χ0n) is 17.2. The zero-order valence-corrected chi connectivity index (χ0v) is 18.0. The Balaban J connectivity index is 1.35. The van der Waals surface area contributed by atoms with Crippen molar-refractivity contribution in [2.75, 3.05) is 19.7 Å². The van der Waals surface area contributed by atoms with E-state index in [0.717, 1.165) is 60.1 Å². The lowest BCUT2D eigenvalue weighted by Crippen LogP contribution is -2.70. The number of piperidine rings is 1. The molecule has 7 heteroatoms. The number of fused-ring (bicyclic) bond motifs is 4. The van der Waals surface area contributed by atoms with Gasteiger partial charge >= 0.3 is 6.09 Å². The molecule has 2 bridgehead atoms. The molecule has 0 radical (unpaired) electrons. The lowest BCUT2D eigenvalue weighted by Gasteiger charge is -2.55. The van der Waals surface area contributed by atoms with Gasteiger partial charge in [-0.1, -0.05) is 24.6 Å². The van der Waals surface area contributed by atoms with Crippen molar-refractivity contribution in [2.45, 2.75) is 57.5 Å². The topological polar surface area (TPSA) is 62.7 Å². The Hall–Kier alpha value is -2.34. The zero-order chi connectivity index (χ0) is 20.8. The van der Waals surface area contributed by atoms with Gasteiger partial charge in [-0.3, -0.25) is 9.78 Å². The second-order valence-corrected chi connectivity index (χ2v) is 8.94. The SMILES string of the molecule is CCCOC(=O)N1CC2CC(C1)N2C(=O)c1ccc2c(Cl)c3c(nc2c1)CCCC3. The molecule has 3 aliphatic heterocycles. The molecule has 2 atom stereocenters. The van der Waals surface area contributed by atoms with Gasteiger partial charge in [0.25, 0.3) is 5.91 Å². The van der Waals surface area contributed by atoms with Gasteiger partial charge in [0.1, 0.15) is 0 Å². The number of aryl methyl sites for hydroxylation is 1. The van der Waals surface area contributed by atoms with Gasteiger partial charge in [0.05, 0.1) is 29.2 Å². The maximum atomic E-state index is 13.2. The molecule has 1 aromatic heterocycles. The Bertz CT molecular complexity index is 1010. The quantitative estimate of drug-likeness (QED) is 0.736. The number of pyridine rings is 1. The van der Waals surface area contributed by atoms with Crippen LogP contribution in [-0.2, 0) is 17.6 Å². The summed E-state index contributed by atoms with van der Waals surface area (Å²) in [5.41, 5.74) is 3.67. The fourth-order valence-corrected chi connectivity index (χ4v) is 5.38. The molecule has 1 aromatic carbocycles. The van der Waals surface area contributed by atoms with E-state index in [1.165, 1.54) is 5.56 Å². The Morgan fingerprint density at radius 2 is 1.97 bits per heavy atom. The van der Waals surface area contributed by atoms with Crippen LogP contribution < -0.4 is 0 Å². The standard InChI is InChI=1S/C23H26ClN3O3/c1-2-9-30-23(29)26-12-15-11-16(13-26)27(15)22(28)14-7-8-18-20(10-14)25-19-6-4-3-5-17(19)21(18)24/h7-8,10,15-16H,2-6,9,11-13H2,1H3. The molecule has 158 valence electrons. The number of nitrogens with zero attached hydrogens (tertiary/aromatic N) is 3. The molecule has 0 spiro atoms. The molecule has 0 saturated carbocycles. The van der Waals surface area contributed by atoms with Crippen molar-refractivity contribution in [2.24, 2.45) is 0 Å². The van der Waals surface area contributed by atoms with Crippen molar-refractivity contribution >= 4 is 34.5 Å². The number of aromatic nitrogens is 1. The van der Waals surface area contributed by atoms with E-state index in [2.05, 4.69) is 0 Å². The van der Waals surface area contributed by atoms with E-state index >= 15 is 0 Å². The van der Waals surface area contributed by atoms with Crippen LogP contribution >= 0.6 is 11.6 Å². The molecular formula is C23H26ClN3O3. The first-order valence-corrected chi connectivity index (χ1v) is 11.3. The van der Waals surface area contributed by atoms with Gasteiger partial charge in [-0.05, 0) is 56.2 Å². The maximum absolute atomic E-state index is 13.2. The van der Waals surface area contributed by atoms with Gasteiger partial charge in [0.15, 0.2) is 0 Å². The smallest absolute Gasteiger partial charge is 0.409 e. The maximum Gasteiger partial charge on any atom is 0.409 e. The van der Waals surface area contributed by atoms with E-state index in [4.69, 9.17) is 21.3 Å². The van der Waals surface area contributed by atoms with Gasteiger partial charge in [0, 0.05) is 29.7 Å². The van der Waals surface area contributed by atoms with Crippen LogP contribution in [0.1, 0.15) is 54.2 Å². The highest BCUT2D eigenvalue weighted by atomic mass is 35.5. The van der Waals surface area contributed by atoms with Crippen LogP contribution in [0, 0.1) is 0 Å². The minimum Gasteiger partial charge on any atom is -0.449 e. The number of hydrogen-bond acceptors (Lipinski definition) is 4. The fraction of sp³-hybridized carbons (Fsp3) is 0.522. The van der Waals surface area contributed by atoms with Crippen LogP contribution in [0.15, 0.2) is 18.2 Å². The Labute approximate surface area is 181 Å². The highest BCUT2D eigenvalue weighted by Gasteiger charge is 2.48. The van der Waals surface area contributed by atoms with Crippen LogP contribution in [0.3, 0.4) is 0 Å². The van der Waals surface area contributed by atoms with E-state index in [9.17, 15) is 9.59 Å². The van der Waals surface area contributed by atoms with Crippen molar-refractivity contribution in [3.8, 4) is 0 Å². The fourth-order valence-electron chi connectivity index (χ4n) is 5.02. The van der Waals surface area contributed by atoms with Gasteiger partial charge in [0.2, 0.25) is 0 Å². The van der Waals surface area contributed by atoms with Crippen molar-refractivity contribution in [3.63, 3.8) is 0 Å². The van der Waals surface area contributed by atoms with Crippen LogP contribution in [0.2, 0.25) is 5.02 Å². The summed E-state index contributed by atoms with van der Waals surface area (Å²) in [6, 6.07) is 5.77. The summed E-state index contributed by atoms with van der Waals surface area (Å²) in [5.74, 6) is 0.00960. The second-order valence-electron chi connectivity index (χ2n) is 8.57. The predicted molar refractivity (Wildman–Crippen MR) is 115 cm³/mol. The van der Waals surface area contributed by atoms with Crippen LogP contribution in [-0.4, -0.2) is 58.6 Å². The number of rotatable bonds is 3. The Morgan fingerprint density at radius 3 is 2.73 bits per heavy atom. The number of carbonyl (C=O) groups is 2. The predicted octanol–water partition coefficient (Wildman–Crippen LogP) is 4.21. The third-order valence-corrected chi connectivity index (χ3v) is 6.99. The normalized spacial score (nSPS) is 22.5. The second kappa shape index (κ2) is 7.73. The minimum absolute atomic E-state index is 0.00960. The van der Waals surface area contributed by atoms with Crippen LogP contribution in [0.5, 0.6) is 0 Å². The number of halogens is 1. The highest BCUT2D eigenvalue weighted by molar-refractivity contribution is 6.36. The molecule has 3 saturated heterocycles. The summed E-state index contributed by atoms with van der Waals surface area (Å²) >= 11 is 6.67. The Morgan fingerprint density at radius 1 is 1.20 bits per heavy atom.